The number of fused-ring (bicyclic) bond motifs is 1. The Hall–Kier alpha value is -4.08. The van der Waals surface area contributed by atoms with E-state index in [1.807, 2.05) is 0 Å². The predicted molar refractivity (Wildman–Crippen MR) is 115 cm³/mol. The minimum Gasteiger partial charge on any atom is -0.464 e. The van der Waals surface area contributed by atoms with E-state index >= 15 is 4.39 Å². The van der Waals surface area contributed by atoms with Crippen molar-refractivity contribution in [3.05, 3.63) is 72.0 Å². The molecular formula is C24H18F3N3O4. The predicted octanol–water partition coefficient (Wildman–Crippen LogP) is 4.61. The lowest BCUT2D eigenvalue weighted by molar-refractivity contribution is -0.134. The van der Waals surface area contributed by atoms with Crippen molar-refractivity contribution in [3.63, 3.8) is 0 Å². The van der Waals surface area contributed by atoms with Gasteiger partial charge >= 0.3 is 6.61 Å². The summed E-state index contributed by atoms with van der Waals surface area (Å²) in [4.78, 5) is 23.6. The van der Waals surface area contributed by atoms with Gasteiger partial charge in [-0.2, -0.15) is 13.9 Å². The second kappa shape index (κ2) is 8.69. The van der Waals surface area contributed by atoms with Crippen LogP contribution in [0.2, 0.25) is 0 Å². The molecule has 0 saturated carbocycles. The van der Waals surface area contributed by atoms with Crippen molar-refractivity contribution in [2.24, 2.45) is 0 Å². The van der Waals surface area contributed by atoms with Gasteiger partial charge in [0.25, 0.3) is 0 Å². The maximum absolute atomic E-state index is 15.1. The lowest BCUT2D eigenvalue weighted by Gasteiger charge is -2.19. The minimum atomic E-state index is -2.89. The molecule has 0 radical (unpaired) electrons. The number of hydrogen-bond donors (Lipinski definition) is 1. The number of ether oxygens (including phenoxy) is 1. The van der Waals surface area contributed by atoms with Crippen molar-refractivity contribution in [2.75, 3.05) is 0 Å². The Bertz CT molecular complexity index is 1380. The Morgan fingerprint density at radius 2 is 2.00 bits per heavy atom. The molecule has 34 heavy (non-hydrogen) atoms. The van der Waals surface area contributed by atoms with E-state index < -0.39 is 24.3 Å². The molecule has 1 atom stereocenters. The van der Waals surface area contributed by atoms with Crippen LogP contribution in [0.15, 0.2) is 59.5 Å². The van der Waals surface area contributed by atoms with Gasteiger partial charge in [-0.25, -0.2) is 4.39 Å². The molecular weight excluding hydrogens is 451 g/mol. The molecule has 5 rings (SSSR count). The first-order chi connectivity index (χ1) is 16.4. The molecule has 1 fully saturated rings. The highest BCUT2D eigenvalue weighted by Crippen LogP contribution is 2.36. The second-order valence-electron chi connectivity index (χ2n) is 7.97. The Labute approximate surface area is 191 Å². The van der Waals surface area contributed by atoms with Crippen LogP contribution >= 0.6 is 0 Å². The highest BCUT2D eigenvalue weighted by atomic mass is 19.3. The number of piperidine rings is 1. The molecule has 7 nitrogen and oxygen atoms in total. The number of furan rings is 1. The summed E-state index contributed by atoms with van der Waals surface area (Å²) in [5.74, 6) is -1.76. The van der Waals surface area contributed by atoms with Crippen LogP contribution in [0.3, 0.4) is 0 Å². The zero-order chi connectivity index (χ0) is 23.8. The van der Waals surface area contributed by atoms with Crippen molar-refractivity contribution in [1.82, 2.24) is 15.1 Å². The maximum atomic E-state index is 15.1. The average Bonchev–Trinajstić information content (AvgIpc) is 3.41. The molecule has 0 bridgehead atoms. The summed E-state index contributed by atoms with van der Waals surface area (Å²) in [6.45, 7) is -2.54. The van der Waals surface area contributed by atoms with Crippen LogP contribution in [0.4, 0.5) is 13.2 Å². The number of hydrogen-bond acceptors (Lipinski definition) is 5. The summed E-state index contributed by atoms with van der Waals surface area (Å²) in [5.41, 5.74) is 2.56. The SMILES string of the molecule is O=C1CCC(c2coc3cc(-c4cnn(Cc5ccc(OC(F)F)cc5)c4)c(F)cc23)C(=O)N1. The van der Waals surface area contributed by atoms with Gasteiger partial charge in [0.05, 0.1) is 24.9 Å². The summed E-state index contributed by atoms with van der Waals surface area (Å²) in [7, 11) is 0. The third-order valence-electron chi connectivity index (χ3n) is 5.75. The molecule has 3 heterocycles. The number of nitrogens with one attached hydrogen (secondary N) is 1. The molecule has 0 spiro atoms. The number of imide groups is 1. The number of rotatable bonds is 6. The molecule has 0 aliphatic carbocycles. The minimum absolute atomic E-state index is 0.0606. The molecule has 174 valence electrons. The largest absolute Gasteiger partial charge is 0.464 e. The van der Waals surface area contributed by atoms with E-state index in [-0.39, 0.29) is 23.6 Å². The number of carbonyl (C=O) groups excluding carboxylic acids is 2. The van der Waals surface area contributed by atoms with E-state index in [0.717, 1.165) is 5.56 Å². The third-order valence-corrected chi connectivity index (χ3v) is 5.75. The first kappa shape index (κ1) is 21.7. The maximum Gasteiger partial charge on any atom is 0.387 e. The molecule has 1 saturated heterocycles. The summed E-state index contributed by atoms with van der Waals surface area (Å²) < 4.78 is 51.2. The van der Waals surface area contributed by atoms with E-state index in [1.165, 1.54) is 30.7 Å². The first-order valence-corrected chi connectivity index (χ1v) is 10.5. The van der Waals surface area contributed by atoms with Crippen LogP contribution in [-0.4, -0.2) is 28.2 Å². The van der Waals surface area contributed by atoms with Gasteiger partial charge in [-0.15, -0.1) is 0 Å². The number of carbonyl (C=O) groups is 2. The van der Waals surface area contributed by atoms with Gasteiger partial charge in [0.2, 0.25) is 11.8 Å². The van der Waals surface area contributed by atoms with Gasteiger partial charge in [-0.3, -0.25) is 19.6 Å². The molecule has 1 aliphatic rings. The van der Waals surface area contributed by atoms with Crippen LogP contribution in [0, 0.1) is 5.82 Å². The zero-order valence-electron chi connectivity index (χ0n) is 17.6. The Kier molecular flexibility index (Phi) is 5.56. The van der Waals surface area contributed by atoms with E-state index in [2.05, 4.69) is 15.2 Å². The topological polar surface area (TPSA) is 86.4 Å². The lowest BCUT2D eigenvalue weighted by atomic mass is 9.90. The molecule has 4 aromatic rings. The van der Waals surface area contributed by atoms with E-state index in [9.17, 15) is 18.4 Å². The zero-order valence-corrected chi connectivity index (χ0v) is 17.6. The van der Waals surface area contributed by atoms with Crippen LogP contribution in [0.5, 0.6) is 5.75 Å². The monoisotopic (exact) mass is 469 g/mol. The number of benzene rings is 2. The van der Waals surface area contributed by atoms with Crippen LogP contribution in [0.1, 0.15) is 29.9 Å². The normalized spacial score (nSPS) is 16.3. The van der Waals surface area contributed by atoms with Gasteiger partial charge in [0.1, 0.15) is 17.1 Å². The lowest BCUT2D eigenvalue weighted by Crippen LogP contribution is -2.39. The fraction of sp³-hybridized carbons (Fsp3) is 0.208. The summed E-state index contributed by atoms with van der Waals surface area (Å²) >= 11 is 0. The van der Waals surface area contributed by atoms with Gasteiger partial charge in [-0.1, -0.05) is 12.1 Å². The number of aromatic nitrogens is 2. The van der Waals surface area contributed by atoms with Crippen molar-refractivity contribution in [2.45, 2.75) is 31.9 Å². The summed E-state index contributed by atoms with van der Waals surface area (Å²) in [5, 5.41) is 7.04. The molecule has 2 aromatic heterocycles. The number of halogens is 3. The highest BCUT2D eigenvalue weighted by Gasteiger charge is 2.30. The number of nitrogens with zero attached hydrogens (tertiary/aromatic N) is 2. The van der Waals surface area contributed by atoms with Gasteiger partial charge < -0.3 is 9.15 Å². The summed E-state index contributed by atoms with van der Waals surface area (Å²) in [6, 6.07) is 9.05. The van der Waals surface area contributed by atoms with E-state index in [4.69, 9.17) is 4.42 Å². The third kappa shape index (κ3) is 4.26. The molecule has 2 aromatic carbocycles. The Balaban J connectivity index is 1.37. The van der Waals surface area contributed by atoms with Gasteiger partial charge in [-0.05, 0) is 36.2 Å². The van der Waals surface area contributed by atoms with Crippen molar-refractivity contribution < 1.29 is 31.9 Å². The fourth-order valence-corrected chi connectivity index (χ4v) is 4.10. The molecule has 1 N–H and O–H groups in total. The Morgan fingerprint density at radius 3 is 2.74 bits per heavy atom. The number of alkyl halides is 2. The standard InChI is InChI=1S/C24H18F3N3O4/c25-20-7-18-19(16-5-6-22(31)29-23(16)32)12-33-21(18)8-17(20)14-9-28-30(11-14)10-13-1-3-15(4-2-13)34-24(26)27/h1-4,7-9,11-12,16,24H,5-6,10H2,(H,29,31,32). The summed E-state index contributed by atoms with van der Waals surface area (Å²) in [6.07, 6.45) is 5.16. The molecule has 2 amide bonds. The highest BCUT2D eigenvalue weighted by molar-refractivity contribution is 6.03. The molecule has 10 heteroatoms. The van der Waals surface area contributed by atoms with Crippen molar-refractivity contribution in [1.29, 1.82) is 0 Å². The van der Waals surface area contributed by atoms with Crippen molar-refractivity contribution in [3.8, 4) is 16.9 Å². The smallest absolute Gasteiger partial charge is 0.387 e. The van der Waals surface area contributed by atoms with Gasteiger partial charge in [0.15, 0.2) is 0 Å². The van der Waals surface area contributed by atoms with Crippen LogP contribution < -0.4 is 10.1 Å². The van der Waals surface area contributed by atoms with Crippen LogP contribution in [0.25, 0.3) is 22.1 Å². The van der Waals surface area contributed by atoms with Gasteiger partial charge in [0, 0.05) is 34.7 Å². The molecule has 1 aliphatic heterocycles. The quantitative estimate of drug-likeness (QED) is 0.417. The van der Waals surface area contributed by atoms with E-state index in [0.29, 0.717) is 35.1 Å². The Morgan fingerprint density at radius 1 is 1.21 bits per heavy atom. The fourth-order valence-electron chi connectivity index (χ4n) is 4.10. The second-order valence-corrected chi connectivity index (χ2v) is 7.97. The number of amides is 2. The van der Waals surface area contributed by atoms with Crippen LogP contribution in [-0.2, 0) is 16.1 Å². The van der Waals surface area contributed by atoms with E-state index in [1.54, 1.807) is 29.1 Å². The first-order valence-electron chi connectivity index (χ1n) is 10.5. The van der Waals surface area contributed by atoms with Crippen molar-refractivity contribution >= 4 is 22.8 Å². The molecule has 1 unspecified atom stereocenters. The average molecular weight is 469 g/mol.